The average molecular weight is 218 g/mol. The number of nitrogens with two attached hydrogens (primary N) is 1. The number of nitrogens with zero attached hydrogens (tertiary/aromatic N) is 2. The van der Waals surface area contributed by atoms with E-state index in [1.807, 2.05) is 12.1 Å². The third-order valence-electron chi connectivity index (χ3n) is 2.03. The molecule has 1 aromatic rings. The quantitative estimate of drug-likeness (QED) is 0.450. The van der Waals surface area contributed by atoms with Gasteiger partial charge in [0.2, 0.25) is 0 Å². The zero-order chi connectivity index (χ0) is 11.8. The predicted molar refractivity (Wildman–Crippen MR) is 69.2 cm³/mol. The highest BCUT2D eigenvalue weighted by Crippen LogP contribution is 2.12. The van der Waals surface area contributed by atoms with Crippen molar-refractivity contribution in [2.24, 2.45) is 15.9 Å². The number of hydrogen-bond donors (Lipinski definition) is 2. The Bertz CT molecular complexity index is 352. The van der Waals surface area contributed by atoms with Crippen molar-refractivity contribution in [3.8, 4) is 0 Å². The van der Waals surface area contributed by atoms with Crippen LogP contribution in [0.4, 0.5) is 5.69 Å². The van der Waals surface area contributed by atoms with Gasteiger partial charge in [0.15, 0.2) is 0 Å². The van der Waals surface area contributed by atoms with Gasteiger partial charge in [0.25, 0.3) is 0 Å². The Balaban J connectivity index is 2.54. The number of nitrogens with one attached hydrogen (secondary N) is 1. The van der Waals surface area contributed by atoms with E-state index in [-0.39, 0.29) is 0 Å². The fourth-order valence-electron chi connectivity index (χ4n) is 1.18. The van der Waals surface area contributed by atoms with Crippen molar-refractivity contribution < 1.29 is 0 Å². The molecule has 0 bridgehead atoms. The summed E-state index contributed by atoms with van der Waals surface area (Å²) in [4.78, 5) is 4.16. The lowest BCUT2D eigenvalue weighted by Gasteiger charge is -2.07. The molecule has 16 heavy (non-hydrogen) atoms. The third-order valence-corrected chi connectivity index (χ3v) is 2.03. The van der Waals surface area contributed by atoms with Crippen molar-refractivity contribution in [3.63, 3.8) is 0 Å². The summed E-state index contributed by atoms with van der Waals surface area (Å²) in [5.74, 6) is 4.95. The summed E-state index contributed by atoms with van der Waals surface area (Å²) in [7, 11) is 0. The first-order valence-corrected chi connectivity index (χ1v) is 5.30. The minimum absolute atomic E-state index is 0.499. The van der Waals surface area contributed by atoms with E-state index < -0.39 is 0 Å². The van der Waals surface area contributed by atoms with E-state index in [9.17, 15) is 0 Å². The molecule has 3 N–H and O–H groups in total. The Morgan fingerprint density at radius 3 is 2.50 bits per heavy atom. The second-order valence-electron chi connectivity index (χ2n) is 3.78. The second kappa shape index (κ2) is 6.74. The van der Waals surface area contributed by atoms with Crippen LogP contribution in [-0.2, 0) is 6.54 Å². The standard InChI is InChI=1S/C12H18N4/c1-10(2)15-9-11-3-5-12(6-4-11)14-7-8-16-13/h3-8,10,15H,9,13H2,1-2H3/b14-7?,16-8-. The zero-order valence-electron chi connectivity index (χ0n) is 9.72. The van der Waals surface area contributed by atoms with Crippen LogP contribution in [0.3, 0.4) is 0 Å². The molecule has 0 fully saturated rings. The highest BCUT2D eigenvalue weighted by atomic mass is 15.1. The molecular weight excluding hydrogens is 200 g/mol. The summed E-state index contributed by atoms with van der Waals surface area (Å²) >= 11 is 0. The van der Waals surface area contributed by atoms with Gasteiger partial charge in [-0.2, -0.15) is 5.10 Å². The molecule has 0 aliphatic heterocycles. The molecule has 0 amide bonds. The van der Waals surface area contributed by atoms with Crippen LogP contribution in [0.25, 0.3) is 0 Å². The first-order chi connectivity index (χ1) is 7.72. The number of rotatable bonds is 5. The first kappa shape index (κ1) is 12.4. The van der Waals surface area contributed by atoms with Crippen LogP contribution < -0.4 is 11.2 Å². The van der Waals surface area contributed by atoms with Crippen LogP contribution in [0.15, 0.2) is 34.4 Å². The van der Waals surface area contributed by atoms with Crippen molar-refractivity contribution in [2.75, 3.05) is 0 Å². The molecule has 1 aromatic carbocycles. The van der Waals surface area contributed by atoms with Crippen LogP contribution in [-0.4, -0.2) is 18.5 Å². The van der Waals surface area contributed by atoms with Gasteiger partial charge in [-0.3, -0.25) is 4.99 Å². The Morgan fingerprint density at radius 1 is 1.25 bits per heavy atom. The average Bonchev–Trinajstić information content (AvgIpc) is 2.28. The summed E-state index contributed by atoms with van der Waals surface area (Å²) in [6.45, 7) is 5.14. The van der Waals surface area contributed by atoms with E-state index in [1.165, 1.54) is 11.8 Å². The summed E-state index contributed by atoms with van der Waals surface area (Å²) in [5, 5.41) is 6.69. The maximum absolute atomic E-state index is 4.95. The minimum atomic E-state index is 0.499. The number of benzene rings is 1. The Labute approximate surface area is 96.3 Å². The Kier molecular flexibility index (Phi) is 5.22. The Hall–Kier alpha value is -1.68. The number of hydrazone groups is 1. The normalized spacial score (nSPS) is 11.9. The molecule has 0 unspecified atom stereocenters. The largest absolute Gasteiger partial charge is 0.323 e. The van der Waals surface area contributed by atoms with E-state index in [2.05, 4.69) is 41.4 Å². The Morgan fingerprint density at radius 2 is 1.94 bits per heavy atom. The summed E-state index contributed by atoms with van der Waals surface area (Å²) in [6, 6.07) is 8.55. The van der Waals surface area contributed by atoms with Gasteiger partial charge in [-0.25, -0.2) is 0 Å². The SMILES string of the molecule is CC(C)NCc1ccc(N=C/C=N\N)cc1. The van der Waals surface area contributed by atoms with Crippen LogP contribution in [0.5, 0.6) is 0 Å². The first-order valence-electron chi connectivity index (χ1n) is 5.30. The van der Waals surface area contributed by atoms with Gasteiger partial charge in [-0.1, -0.05) is 26.0 Å². The van der Waals surface area contributed by atoms with Crippen LogP contribution in [0.2, 0.25) is 0 Å². The molecule has 4 heteroatoms. The summed E-state index contributed by atoms with van der Waals surface area (Å²) in [5.41, 5.74) is 2.15. The van der Waals surface area contributed by atoms with Crippen LogP contribution in [0.1, 0.15) is 19.4 Å². The van der Waals surface area contributed by atoms with Crippen molar-refractivity contribution in [1.29, 1.82) is 0 Å². The molecule has 0 spiro atoms. The fourth-order valence-corrected chi connectivity index (χ4v) is 1.18. The number of aliphatic imine (C=N–C) groups is 1. The van der Waals surface area contributed by atoms with Gasteiger partial charge in [0.1, 0.15) is 0 Å². The highest BCUT2D eigenvalue weighted by molar-refractivity contribution is 6.16. The third kappa shape index (κ3) is 4.70. The molecule has 0 aromatic heterocycles. The van der Waals surface area contributed by atoms with Crippen molar-refractivity contribution in [3.05, 3.63) is 29.8 Å². The van der Waals surface area contributed by atoms with Gasteiger partial charge < -0.3 is 11.2 Å². The molecule has 0 aliphatic carbocycles. The molecule has 0 radical (unpaired) electrons. The van der Waals surface area contributed by atoms with Gasteiger partial charge in [0.05, 0.1) is 11.9 Å². The summed E-state index contributed by atoms with van der Waals surface area (Å²) in [6.07, 6.45) is 3.02. The fraction of sp³-hybridized carbons (Fsp3) is 0.333. The summed E-state index contributed by atoms with van der Waals surface area (Å²) < 4.78 is 0. The van der Waals surface area contributed by atoms with E-state index >= 15 is 0 Å². The van der Waals surface area contributed by atoms with E-state index in [0.29, 0.717) is 6.04 Å². The van der Waals surface area contributed by atoms with Crippen molar-refractivity contribution in [1.82, 2.24) is 5.32 Å². The smallest absolute Gasteiger partial charge is 0.0648 e. The highest BCUT2D eigenvalue weighted by Gasteiger charge is 1.95. The monoisotopic (exact) mass is 218 g/mol. The predicted octanol–water partition coefficient (Wildman–Crippen LogP) is 1.83. The molecular formula is C12H18N4. The molecule has 0 heterocycles. The van der Waals surface area contributed by atoms with Gasteiger partial charge in [-0.05, 0) is 17.7 Å². The molecule has 86 valence electrons. The lowest BCUT2D eigenvalue weighted by atomic mass is 10.2. The minimum Gasteiger partial charge on any atom is -0.323 e. The molecule has 0 aliphatic rings. The van der Waals surface area contributed by atoms with Gasteiger partial charge >= 0.3 is 0 Å². The number of hydrogen-bond acceptors (Lipinski definition) is 4. The molecule has 0 saturated heterocycles. The molecule has 0 atom stereocenters. The van der Waals surface area contributed by atoms with Crippen molar-refractivity contribution >= 4 is 18.1 Å². The second-order valence-corrected chi connectivity index (χ2v) is 3.78. The van der Waals surface area contributed by atoms with Crippen LogP contribution in [0, 0.1) is 0 Å². The van der Waals surface area contributed by atoms with Gasteiger partial charge in [-0.15, -0.1) is 0 Å². The molecule has 0 saturated carbocycles. The van der Waals surface area contributed by atoms with Crippen LogP contribution >= 0.6 is 0 Å². The van der Waals surface area contributed by atoms with E-state index in [0.717, 1.165) is 12.2 Å². The lowest BCUT2D eigenvalue weighted by molar-refractivity contribution is 0.589. The van der Waals surface area contributed by atoms with E-state index in [1.54, 1.807) is 6.21 Å². The maximum Gasteiger partial charge on any atom is 0.0648 e. The maximum atomic E-state index is 4.95. The topological polar surface area (TPSA) is 62.8 Å². The lowest BCUT2D eigenvalue weighted by Crippen LogP contribution is -2.21. The zero-order valence-corrected chi connectivity index (χ0v) is 9.72. The molecule has 1 rings (SSSR count). The van der Waals surface area contributed by atoms with Crippen molar-refractivity contribution in [2.45, 2.75) is 26.4 Å². The van der Waals surface area contributed by atoms with Gasteiger partial charge in [0, 0.05) is 18.8 Å². The molecule has 4 nitrogen and oxygen atoms in total. The van der Waals surface area contributed by atoms with E-state index in [4.69, 9.17) is 5.84 Å².